The second kappa shape index (κ2) is 6.15. The first-order chi connectivity index (χ1) is 12.1. The minimum Gasteiger partial charge on any atom is -0.480 e. The highest BCUT2D eigenvalue weighted by Crippen LogP contribution is 2.63. The van der Waals surface area contributed by atoms with Crippen LogP contribution in [0.15, 0.2) is 29.3 Å². The fourth-order valence-electron chi connectivity index (χ4n) is 6.23. The number of fused-ring (bicyclic) bond motifs is 5. The molecule has 3 aliphatic carbocycles. The minimum atomic E-state index is -0.236. The summed E-state index contributed by atoms with van der Waals surface area (Å²) in [5.41, 5.74) is 6.07. The lowest BCUT2D eigenvalue weighted by molar-refractivity contribution is 0.0804. The first-order valence-corrected chi connectivity index (χ1v) is 9.75. The van der Waals surface area contributed by atoms with E-state index in [-0.39, 0.29) is 16.0 Å². The first kappa shape index (κ1) is 15.4. The lowest BCUT2D eigenvalue weighted by Gasteiger charge is -2.50. The number of aliphatic hydroxyl groups excluding tert-OH is 1. The minimum absolute atomic E-state index is 0.216. The summed E-state index contributed by atoms with van der Waals surface area (Å²) in [5.74, 6) is 3.08. The van der Waals surface area contributed by atoms with Gasteiger partial charge < -0.3 is 9.63 Å². The molecule has 1 aromatic carbocycles. The van der Waals surface area contributed by atoms with Gasteiger partial charge in [0.05, 0.1) is 17.3 Å². The van der Waals surface area contributed by atoms with Gasteiger partial charge in [-0.15, -0.1) is 0 Å². The van der Waals surface area contributed by atoms with Crippen LogP contribution >= 0.6 is 9.41 Å². The number of hydrogen-bond acceptors (Lipinski definition) is 2. The van der Waals surface area contributed by atoms with Crippen LogP contribution in [0.4, 0.5) is 0 Å². The second-order valence-corrected chi connectivity index (χ2v) is 8.49. The molecule has 3 heteroatoms. The lowest BCUT2D eigenvalue weighted by atomic mass is 9.55. The summed E-state index contributed by atoms with van der Waals surface area (Å²) in [4.78, 5) is 0. The third kappa shape index (κ3) is 2.37. The fraction of sp³-hybridized carbons (Fsp3) is 0.619. The molecule has 3 aliphatic rings. The Bertz CT molecular complexity index is 701. The van der Waals surface area contributed by atoms with Gasteiger partial charge in [-0.05, 0) is 97.5 Å². The van der Waals surface area contributed by atoms with E-state index in [0.29, 0.717) is 11.3 Å². The van der Waals surface area contributed by atoms with Crippen LogP contribution < -0.4 is 4.52 Å². The molecular weight excluding hydrogens is 315 g/mol. The van der Waals surface area contributed by atoms with E-state index < -0.39 is 0 Å². The highest BCUT2D eigenvalue weighted by atomic mass is 31.0. The Kier molecular flexibility index (Phi) is 3.95. The van der Waals surface area contributed by atoms with Gasteiger partial charge in [-0.3, -0.25) is 0 Å². The SMILES string of the molecule is [3H]POc1ccc2c(c1)CCC1C2CCC2(C)/C(=C(\C)CO)CCC12. The van der Waals surface area contributed by atoms with Crippen LogP contribution in [0.5, 0.6) is 5.75 Å². The Hall–Kier alpha value is -0.850. The zero-order valence-electron chi connectivity index (χ0n) is 15.8. The van der Waals surface area contributed by atoms with Crippen molar-refractivity contribution in [3.8, 4) is 5.75 Å². The Morgan fingerprint density at radius 1 is 1.38 bits per heavy atom. The second-order valence-electron chi connectivity index (χ2n) is 8.29. The number of benzene rings is 1. The summed E-state index contributed by atoms with van der Waals surface area (Å²) in [5, 5.41) is 9.65. The summed E-state index contributed by atoms with van der Waals surface area (Å²) in [6.07, 6.45) is 7.39. The topological polar surface area (TPSA) is 29.5 Å². The molecular formula is C21H29O2P. The van der Waals surface area contributed by atoms with Gasteiger partial charge in [-0.25, -0.2) is 0 Å². The van der Waals surface area contributed by atoms with Crippen LogP contribution in [0.1, 0.15) is 63.0 Å². The standard InChI is InChI=1S/C21H29O2P/c1-13(12-22)19-7-8-20-18-5-3-14-11-15(23-24)4-6-16(14)17(18)9-10-21(19,20)2/h4,6,11,17-18,20,22H,3,5,7-10,12,24H2,1-2H3/b19-13+/i24T. The van der Waals surface area contributed by atoms with Crippen LogP contribution in [0.3, 0.4) is 0 Å². The van der Waals surface area contributed by atoms with Crippen molar-refractivity contribution in [3.05, 3.63) is 40.5 Å². The van der Waals surface area contributed by atoms with Crippen molar-refractivity contribution in [2.75, 3.05) is 6.61 Å². The molecule has 5 atom stereocenters. The maximum Gasteiger partial charge on any atom is 0.122 e. The van der Waals surface area contributed by atoms with Crippen molar-refractivity contribution in [2.24, 2.45) is 17.3 Å². The normalized spacial score (nSPS) is 37.6. The summed E-state index contributed by atoms with van der Waals surface area (Å²) in [6.45, 7) is 4.81. The van der Waals surface area contributed by atoms with Crippen molar-refractivity contribution in [2.45, 2.75) is 58.3 Å². The van der Waals surface area contributed by atoms with Gasteiger partial charge in [-0.2, -0.15) is 0 Å². The Morgan fingerprint density at radius 3 is 3.04 bits per heavy atom. The average Bonchev–Trinajstić information content (AvgIpc) is 2.98. The molecule has 5 unspecified atom stereocenters. The van der Waals surface area contributed by atoms with Crippen molar-refractivity contribution >= 4 is 9.41 Å². The Morgan fingerprint density at radius 2 is 2.25 bits per heavy atom. The predicted octanol–water partition coefficient (Wildman–Crippen LogP) is 5.02. The summed E-state index contributed by atoms with van der Waals surface area (Å²) >= 11 is 0. The number of rotatable bonds is 3. The predicted molar refractivity (Wildman–Crippen MR) is 101 cm³/mol. The van der Waals surface area contributed by atoms with Gasteiger partial charge >= 0.3 is 0 Å². The van der Waals surface area contributed by atoms with E-state index in [1.54, 1.807) is 5.57 Å². The molecule has 2 saturated carbocycles. The third-order valence-electron chi connectivity index (χ3n) is 7.35. The molecule has 0 saturated heterocycles. The maximum atomic E-state index is 9.65. The molecule has 0 bridgehead atoms. The number of aryl methyl sites for hydroxylation is 1. The van der Waals surface area contributed by atoms with Crippen molar-refractivity contribution in [1.29, 1.82) is 1.28 Å². The maximum absolute atomic E-state index is 9.65. The van der Waals surface area contributed by atoms with E-state index in [2.05, 4.69) is 32.0 Å². The fourth-order valence-corrected chi connectivity index (χ4v) is 6.36. The molecule has 0 heterocycles. The quantitative estimate of drug-likeness (QED) is 0.615. The van der Waals surface area contributed by atoms with Gasteiger partial charge in [0, 0.05) is 0 Å². The van der Waals surface area contributed by atoms with E-state index >= 15 is 0 Å². The molecule has 1 N–H and O–H groups in total. The molecule has 0 amide bonds. The molecule has 4 rings (SSSR count). The van der Waals surface area contributed by atoms with Gasteiger partial charge in [0.1, 0.15) is 5.75 Å². The number of hydrogen-bond donors (Lipinski definition) is 1. The number of allylic oxidation sites excluding steroid dienone is 1. The van der Waals surface area contributed by atoms with Gasteiger partial charge in [0.2, 0.25) is 0 Å². The molecule has 0 aromatic heterocycles. The summed E-state index contributed by atoms with van der Waals surface area (Å²) < 4.78 is 12.7. The summed E-state index contributed by atoms with van der Waals surface area (Å²) in [7, 11) is -0.236. The highest BCUT2D eigenvalue weighted by Gasteiger charge is 2.52. The van der Waals surface area contributed by atoms with Crippen molar-refractivity contribution in [3.63, 3.8) is 0 Å². The largest absolute Gasteiger partial charge is 0.480 e. The molecule has 24 heavy (non-hydrogen) atoms. The Balaban J connectivity index is 1.65. The molecule has 0 spiro atoms. The Labute approximate surface area is 149 Å². The summed E-state index contributed by atoms with van der Waals surface area (Å²) in [6, 6.07) is 6.51. The highest BCUT2D eigenvalue weighted by molar-refractivity contribution is 7.10. The van der Waals surface area contributed by atoms with Gasteiger partial charge in [-0.1, -0.05) is 18.6 Å². The average molecular weight is 346 g/mol. The third-order valence-corrected chi connectivity index (χ3v) is 7.59. The monoisotopic (exact) mass is 346 g/mol. The van der Waals surface area contributed by atoms with Gasteiger partial charge in [0.15, 0.2) is 0 Å². The van der Waals surface area contributed by atoms with E-state index in [4.69, 9.17) is 5.80 Å². The molecule has 2 nitrogen and oxygen atoms in total. The van der Waals surface area contributed by atoms with E-state index in [1.165, 1.54) is 48.8 Å². The molecule has 130 valence electrons. The molecule has 0 radical (unpaired) electrons. The smallest absolute Gasteiger partial charge is 0.122 e. The van der Waals surface area contributed by atoms with E-state index in [1.807, 2.05) is 0 Å². The molecule has 1 aromatic rings. The lowest BCUT2D eigenvalue weighted by Crippen LogP contribution is -2.40. The van der Waals surface area contributed by atoms with Crippen LogP contribution in [0.2, 0.25) is 0 Å². The molecule has 2 fully saturated rings. The first-order valence-electron chi connectivity index (χ1n) is 9.85. The van der Waals surface area contributed by atoms with Crippen LogP contribution in [-0.4, -0.2) is 13.0 Å². The van der Waals surface area contributed by atoms with Crippen LogP contribution in [0.25, 0.3) is 0 Å². The van der Waals surface area contributed by atoms with Crippen LogP contribution in [-0.2, 0) is 6.42 Å². The van der Waals surface area contributed by atoms with Crippen LogP contribution in [0, 0.1) is 17.3 Å². The van der Waals surface area contributed by atoms with Gasteiger partial charge in [0.25, 0.3) is 0 Å². The van der Waals surface area contributed by atoms with Crippen molar-refractivity contribution < 1.29 is 9.63 Å². The number of aliphatic hydroxyl groups is 1. The van der Waals surface area contributed by atoms with E-state index in [9.17, 15) is 5.11 Å². The van der Waals surface area contributed by atoms with Crippen molar-refractivity contribution in [1.82, 2.24) is 0 Å². The van der Waals surface area contributed by atoms with E-state index in [0.717, 1.165) is 24.0 Å². The zero-order valence-corrected chi connectivity index (χ0v) is 15.8. The molecule has 0 aliphatic heterocycles. The zero-order chi connectivity index (χ0) is 17.6.